The van der Waals surface area contributed by atoms with Gasteiger partial charge < -0.3 is 14.6 Å². The summed E-state index contributed by atoms with van der Waals surface area (Å²) >= 11 is 5.92. The molecular formula is C16H19ClFNO3. The Morgan fingerprint density at radius 1 is 1.50 bits per heavy atom. The van der Waals surface area contributed by atoms with Crippen molar-refractivity contribution < 1.29 is 19.0 Å². The fourth-order valence-electron chi connectivity index (χ4n) is 2.55. The lowest BCUT2D eigenvalue weighted by Crippen LogP contribution is -2.22. The maximum atomic E-state index is 13.5. The number of hydrogen-bond donors (Lipinski definition) is 1. The molecule has 1 N–H and O–H groups in total. The van der Waals surface area contributed by atoms with Crippen LogP contribution < -0.4 is 0 Å². The van der Waals surface area contributed by atoms with Gasteiger partial charge in [-0.25, -0.2) is 4.39 Å². The van der Waals surface area contributed by atoms with E-state index in [0.29, 0.717) is 30.9 Å². The van der Waals surface area contributed by atoms with Crippen LogP contribution in [0.15, 0.2) is 39.0 Å². The Morgan fingerprint density at radius 3 is 2.77 bits per heavy atom. The lowest BCUT2D eigenvalue weighted by molar-refractivity contribution is 0.0461. The maximum absolute atomic E-state index is 13.5. The molecule has 2 fully saturated rings. The highest BCUT2D eigenvalue weighted by Crippen LogP contribution is 2.37. The van der Waals surface area contributed by atoms with Gasteiger partial charge >= 0.3 is 0 Å². The van der Waals surface area contributed by atoms with E-state index in [1.54, 1.807) is 13.0 Å². The zero-order valence-electron chi connectivity index (χ0n) is 12.7. The second-order valence-electron chi connectivity index (χ2n) is 6.23. The summed E-state index contributed by atoms with van der Waals surface area (Å²) in [6.45, 7) is 4.52. The van der Waals surface area contributed by atoms with Crippen LogP contribution in [0.1, 0.15) is 33.1 Å². The molecule has 6 heteroatoms. The minimum absolute atomic E-state index is 0.0458. The smallest absolute Gasteiger partial charge is 0.125 e. The van der Waals surface area contributed by atoms with Crippen LogP contribution in [-0.2, 0) is 9.47 Å². The van der Waals surface area contributed by atoms with Crippen molar-refractivity contribution in [1.29, 1.82) is 0 Å². The fraction of sp³-hybridized carbons (Fsp3) is 0.562. The van der Waals surface area contributed by atoms with Gasteiger partial charge in [-0.15, -0.1) is 0 Å². The number of rotatable bonds is 3. The lowest BCUT2D eigenvalue weighted by atomic mass is 9.97. The number of allylic oxidation sites excluding steroid dienone is 4. The summed E-state index contributed by atoms with van der Waals surface area (Å²) in [6, 6.07) is 0. The average Bonchev–Trinajstić information content (AvgIpc) is 3.23. The molecule has 2 unspecified atom stereocenters. The minimum atomic E-state index is -0.903. The Hall–Kier alpha value is -1.17. The summed E-state index contributed by atoms with van der Waals surface area (Å²) in [5.74, 6) is 0.323. The highest BCUT2D eigenvalue weighted by atomic mass is 35.5. The summed E-state index contributed by atoms with van der Waals surface area (Å²) in [5.41, 5.74) is 1.43. The van der Waals surface area contributed by atoms with Gasteiger partial charge in [-0.1, -0.05) is 11.6 Å². The van der Waals surface area contributed by atoms with E-state index in [0.717, 1.165) is 11.3 Å². The molecule has 0 radical (unpaired) electrons. The van der Waals surface area contributed by atoms with E-state index < -0.39 is 5.60 Å². The first kappa shape index (κ1) is 15.7. The van der Waals surface area contributed by atoms with Crippen molar-refractivity contribution in [3.05, 3.63) is 34.0 Å². The summed E-state index contributed by atoms with van der Waals surface area (Å²) in [5, 5.41) is 10.2. The third kappa shape index (κ3) is 3.42. The van der Waals surface area contributed by atoms with E-state index in [4.69, 9.17) is 21.1 Å². The van der Waals surface area contributed by atoms with Crippen molar-refractivity contribution in [3.8, 4) is 0 Å². The second kappa shape index (κ2) is 5.80. The predicted octanol–water partition coefficient (Wildman–Crippen LogP) is 3.37. The Labute approximate surface area is 134 Å². The summed E-state index contributed by atoms with van der Waals surface area (Å²) < 4.78 is 24.4. The van der Waals surface area contributed by atoms with Gasteiger partial charge in [0, 0.05) is 18.6 Å². The van der Waals surface area contributed by atoms with Gasteiger partial charge in [0.05, 0.1) is 11.6 Å². The van der Waals surface area contributed by atoms with Crippen LogP contribution in [0.25, 0.3) is 0 Å². The summed E-state index contributed by atoms with van der Waals surface area (Å²) in [6.07, 6.45) is 2.79. The van der Waals surface area contributed by atoms with Gasteiger partial charge in [0.15, 0.2) is 0 Å². The third-order valence-corrected chi connectivity index (χ3v) is 4.24. The van der Waals surface area contributed by atoms with Gasteiger partial charge in [-0.2, -0.15) is 0 Å². The lowest BCUT2D eigenvalue weighted by Gasteiger charge is -2.16. The Balaban J connectivity index is 1.99. The number of ether oxygens (including phenoxy) is 2. The summed E-state index contributed by atoms with van der Waals surface area (Å²) in [4.78, 5) is 4.63. The van der Waals surface area contributed by atoms with Gasteiger partial charge in [0.2, 0.25) is 0 Å². The number of hydrogen-bond acceptors (Lipinski definition) is 4. The van der Waals surface area contributed by atoms with Crippen LogP contribution in [-0.4, -0.2) is 35.7 Å². The molecule has 4 nitrogen and oxygen atoms in total. The number of halogens is 2. The zero-order chi connectivity index (χ0) is 15.9. The Kier molecular flexibility index (Phi) is 4.14. The normalized spacial score (nSPS) is 34.5. The van der Waals surface area contributed by atoms with Crippen molar-refractivity contribution in [3.63, 3.8) is 0 Å². The van der Waals surface area contributed by atoms with Gasteiger partial charge in [0.1, 0.15) is 35.6 Å². The highest BCUT2D eigenvalue weighted by Gasteiger charge is 2.35. The van der Waals surface area contributed by atoms with E-state index >= 15 is 0 Å². The molecular weight excluding hydrogens is 309 g/mol. The molecule has 2 saturated heterocycles. The molecule has 0 spiro atoms. The molecule has 0 bridgehead atoms. The van der Waals surface area contributed by atoms with Crippen molar-refractivity contribution in [2.75, 3.05) is 13.2 Å². The average molecular weight is 328 g/mol. The molecule has 120 valence electrons. The molecule has 22 heavy (non-hydrogen) atoms. The molecule has 3 rings (SSSR count). The number of aliphatic hydroxyl groups is 1. The van der Waals surface area contributed by atoms with E-state index in [1.165, 1.54) is 0 Å². The van der Waals surface area contributed by atoms with Crippen LogP contribution in [0.3, 0.4) is 0 Å². The van der Waals surface area contributed by atoms with E-state index in [9.17, 15) is 9.50 Å². The van der Waals surface area contributed by atoms with Crippen molar-refractivity contribution in [2.24, 2.45) is 4.99 Å². The van der Waals surface area contributed by atoms with Crippen LogP contribution in [0, 0.1) is 0 Å². The highest BCUT2D eigenvalue weighted by molar-refractivity contribution is 6.31. The van der Waals surface area contributed by atoms with Gasteiger partial charge in [-0.3, -0.25) is 4.99 Å². The number of nitrogens with zero attached hydrogens (tertiary/aromatic N) is 1. The van der Waals surface area contributed by atoms with E-state index in [2.05, 4.69) is 4.99 Å². The topological polar surface area (TPSA) is 54.4 Å². The minimum Gasteiger partial charge on any atom is -0.493 e. The van der Waals surface area contributed by atoms with Gasteiger partial charge in [0.25, 0.3) is 0 Å². The third-order valence-electron chi connectivity index (χ3n) is 3.93. The monoisotopic (exact) mass is 327 g/mol. The second-order valence-corrected chi connectivity index (χ2v) is 6.64. The van der Waals surface area contributed by atoms with Crippen LogP contribution in [0.5, 0.6) is 0 Å². The predicted molar refractivity (Wildman–Crippen MR) is 82.4 cm³/mol. The zero-order valence-corrected chi connectivity index (χ0v) is 13.4. The molecule has 3 aliphatic rings. The van der Waals surface area contributed by atoms with E-state index in [-0.39, 0.29) is 30.0 Å². The Bertz CT molecular complexity index is 615. The first-order valence-corrected chi connectivity index (χ1v) is 7.74. The fourth-order valence-corrected chi connectivity index (χ4v) is 2.77. The SMILES string of the molecule is CC(=N/C(C1=CC(Cl)=C(F)CC1)=C1\CC(C)(O)CO1)C1CO1. The van der Waals surface area contributed by atoms with Crippen molar-refractivity contribution >= 4 is 17.3 Å². The van der Waals surface area contributed by atoms with Crippen molar-refractivity contribution in [2.45, 2.75) is 44.8 Å². The molecule has 0 amide bonds. The molecule has 0 aromatic rings. The van der Waals surface area contributed by atoms with Crippen LogP contribution in [0.4, 0.5) is 4.39 Å². The number of epoxide rings is 1. The molecule has 2 atom stereocenters. The van der Waals surface area contributed by atoms with E-state index in [1.807, 2.05) is 6.92 Å². The quantitative estimate of drug-likeness (QED) is 0.638. The maximum Gasteiger partial charge on any atom is 0.125 e. The van der Waals surface area contributed by atoms with Crippen molar-refractivity contribution in [1.82, 2.24) is 0 Å². The van der Waals surface area contributed by atoms with Crippen LogP contribution in [0.2, 0.25) is 0 Å². The van der Waals surface area contributed by atoms with Gasteiger partial charge in [-0.05, 0) is 31.9 Å². The first-order chi connectivity index (χ1) is 10.4. The van der Waals surface area contributed by atoms with Crippen LogP contribution >= 0.6 is 11.6 Å². The Morgan fingerprint density at radius 2 is 2.23 bits per heavy atom. The molecule has 0 aromatic carbocycles. The molecule has 2 heterocycles. The number of aliphatic imine (C=N–C) groups is 1. The summed E-state index contributed by atoms with van der Waals surface area (Å²) in [7, 11) is 0. The largest absolute Gasteiger partial charge is 0.493 e. The molecule has 0 aromatic heterocycles. The standard InChI is InChI=1S/C16H19ClFNO3/c1-9(14-7-21-14)19-15(13-6-16(2,20)8-22-13)10-3-4-12(18)11(17)5-10/h5,14,20H,3-4,6-8H2,1-2H3/b15-13+,19-9?. The molecule has 2 aliphatic heterocycles. The molecule has 0 saturated carbocycles. The first-order valence-electron chi connectivity index (χ1n) is 7.36. The molecule has 1 aliphatic carbocycles.